The van der Waals surface area contributed by atoms with Crippen LogP contribution in [0.3, 0.4) is 0 Å². The molecule has 21 heavy (non-hydrogen) atoms. The molecule has 0 bridgehead atoms. The van der Waals surface area contributed by atoms with E-state index in [0.717, 1.165) is 0 Å². The van der Waals surface area contributed by atoms with E-state index in [9.17, 15) is 18.0 Å². The number of hydrogen-bond donors (Lipinski definition) is 3. The second kappa shape index (κ2) is 6.23. The van der Waals surface area contributed by atoms with E-state index in [1.54, 1.807) is 18.2 Å². The molecule has 8 heteroatoms. The topological polar surface area (TPSA) is 104 Å². The number of carbonyl (C=O) groups is 2. The standard InChI is InChI=1S/C13H17N3O4S/c1-2-14-9-5-3-4-6-11(9)21(19,20)16-10-7-8-12(17)15-13(10)18/h3-6,10,14,16H,2,7-8H2,1H3,(H,15,17,18). The van der Waals surface area contributed by atoms with E-state index < -0.39 is 22.0 Å². The number of imide groups is 1. The van der Waals surface area contributed by atoms with E-state index in [4.69, 9.17) is 0 Å². The van der Waals surface area contributed by atoms with Crippen molar-refractivity contribution in [1.82, 2.24) is 10.0 Å². The van der Waals surface area contributed by atoms with Crippen molar-refractivity contribution in [3.8, 4) is 0 Å². The van der Waals surface area contributed by atoms with Crippen molar-refractivity contribution in [2.24, 2.45) is 0 Å². The molecule has 1 heterocycles. The molecule has 0 aliphatic carbocycles. The highest BCUT2D eigenvalue weighted by molar-refractivity contribution is 7.89. The molecule has 1 aliphatic rings. The zero-order valence-corrected chi connectivity index (χ0v) is 12.4. The first-order chi connectivity index (χ1) is 9.94. The fourth-order valence-corrected chi connectivity index (χ4v) is 3.51. The lowest BCUT2D eigenvalue weighted by atomic mass is 10.1. The number of piperidine rings is 1. The van der Waals surface area contributed by atoms with Crippen molar-refractivity contribution in [1.29, 1.82) is 0 Å². The van der Waals surface area contributed by atoms with Crippen LogP contribution in [0.4, 0.5) is 5.69 Å². The first-order valence-electron chi connectivity index (χ1n) is 6.63. The number of benzene rings is 1. The highest BCUT2D eigenvalue weighted by Gasteiger charge is 2.31. The molecule has 0 saturated carbocycles. The highest BCUT2D eigenvalue weighted by atomic mass is 32.2. The number of nitrogens with one attached hydrogen (secondary N) is 3. The van der Waals surface area contributed by atoms with E-state index >= 15 is 0 Å². The zero-order valence-electron chi connectivity index (χ0n) is 11.5. The Labute approximate surface area is 123 Å². The van der Waals surface area contributed by atoms with Crippen LogP contribution in [0.15, 0.2) is 29.2 Å². The van der Waals surface area contributed by atoms with Crippen LogP contribution in [0.5, 0.6) is 0 Å². The molecule has 1 atom stereocenters. The number of amides is 2. The minimum atomic E-state index is -3.85. The Bertz CT molecular complexity index is 657. The molecule has 3 N–H and O–H groups in total. The van der Waals surface area contributed by atoms with Crippen LogP contribution >= 0.6 is 0 Å². The summed E-state index contributed by atoms with van der Waals surface area (Å²) < 4.78 is 27.2. The van der Waals surface area contributed by atoms with Gasteiger partial charge in [0.05, 0.1) is 5.69 Å². The predicted octanol–water partition coefficient (Wildman–Crippen LogP) is 0.202. The van der Waals surface area contributed by atoms with Gasteiger partial charge in [-0.3, -0.25) is 14.9 Å². The molecule has 0 aromatic heterocycles. The Kier molecular flexibility index (Phi) is 4.59. The van der Waals surface area contributed by atoms with Crippen LogP contribution in [0.25, 0.3) is 0 Å². The van der Waals surface area contributed by atoms with Gasteiger partial charge in [-0.25, -0.2) is 8.42 Å². The first-order valence-corrected chi connectivity index (χ1v) is 8.11. The van der Waals surface area contributed by atoms with Gasteiger partial charge in [-0.15, -0.1) is 0 Å². The molecule has 0 spiro atoms. The molecule has 0 radical (unpaired) electrons. The van der Waals surface area contributed by atoms with Crippen molar-refractivity contribution in [2.75, 3.05) is 11.9 Å². The number of carbonyl (C=O) groups excluding carboxylic acids is 2. The molecule has 1 unspecified atom stereocenters. The summed E-state index contributed by atoms with van der Waals surface area (Å²) in [6.07, 6.45) is 0.279. The van der Waals surface area contributed by atoms with Gasteiger partial charge in [-0.2, -0.15) is 4.72 Å². The zero-order chi connectivity index (χ0) is 15.5. The average Bonchev–Trinajstić information content (AvgIpc) is 2.43. The van der Waals surface area contributed by atoms with Crippen LogP contribution in [-0.4, -0.2) is 32.8 Å². The molecule has 114 valence electrons. The maximum Gasteiger partial charge on any atom is 0.244 e. The van der Waals surface area contributed by atoms with Crippen LogP contribution < -0.4 is 15.4 Å². The number of anilines is 1. The number of hydrogen-bond acceptors (Lipinski definition) is 5. The van der Waals surface area contributed by atoms with E-state index in [0.29, 0.717) is 12.2 Å². The maximum atomic E-state index is 12.4. The lowest BCUT2D eigenvalue weighted by molar-refractivity contribution is -0.134. The van der Waals surface area contributed by atoms with Gasteiger partial charge < -0.3 is 5.32 Å². The van der Waals surface area contributed by atoms with Crippen molar-refractivity contribution in [3.05, 3.63) is 24.3 Å². The highest BCUT2D eigenvalue weighted by Crippen LogP contribution is 2.21. The summed E-state index contributed by atoms with van der Waals surface area (Å²) in [4.78, 5) is 22.8. The van der Waals surface area contributed by atoms with Gasteiger partial charge in [0.15, 0.2) is 0 Å². The van der Waals surface area contributed by atoms with Gasteiger partial charge in [0.1, 0.15) is 10.9 Å². The van der Waals surface area contributed by atoms with E-state index in [1.165, 1.54) is 6.07 Å². The minimum absolute atomic E-state index is 0.0801. The smallest absolute Gasteiger partial charge is 0.244 e. The van der Waals surface area contributed by atoms with Crippen LogP contribution in [-0.2, 0) is 19.6 Å². The summed E-state index contributed by atoms with van der Waals surface area (Å²) in [5, 5.41) is 5.09. The van der Waals surface area contributed by atoms with Crippen LogP contribution in [0.2, 0.25) is 0 Å². The molecule has 2 amide bonds. The number of rotatable bonds is 5. The lowest BCUT2D eigenvalue weighted by Crippen LogP contribution is -2.52. The molecule has 1 aromatic carbocycles. The van der Waals surface area contributed by atoms with E-state index in [-0.39, 0.29) is 23.6 Å². The molecule has 7 nitrogen and oxygen atoms in total. The second-order valence-corrected chi connectivity index (χ2v) is 6.33. The van der Waals surface area contributed by atoms with Gasteiger partial charge in [0.25, 0.3) is 0 Å². The third-order valence-electron chi connectivity index (χ3n) is 3.08. The Hall–Kier alpha value is -1.93. The van der Waals surface area contributed by atoms with Gasteiger partial charge in [-0.1, -0.05) is 12.1 Å². The van der Waals surface area contributed by atoms with Crippen molar-refractivity contribution >= 4 is 27.5 Å². The fraction of sp³-hybridized carbons (Fsp3) is 0.385. The predicted molar refractivity (Wildman–Crippen MR) is 77.1 cm³/mol. The Morgan fingerprint density at radius 1 is 1.29 bits per heavy atom. The SMILES string of the molecule is CCNc1ccccc1S(=O)(=O)NC1CCC(=O)NC1=O. The molecular weight excluding hydrogens is 294 g/mol. The summed E-state index contributed by atoms with van der Waals surface area (Å²) in [7, 11) is -3.85. The monoisotopic (exact) mass is 311 g/mol. The summed E-state index contributed by atoms with van der Waals surface area (Å²) in [5.41, 5.74) is 0.472. The van der Waals surface area contributed by atoms with Gasteiger partial charge in [0, 0.05) is 13.0 Å². The largest absolute Gasteiger partial charge is 0.384 e. The van der Waals surface area contributed by atoms with Gasteiger partial charge in [-0.05, 0) is 25.5 Å². The molecule has 1 aromatic rings. The summed E-state index contributed by atoms with van der Waals surface area (Å²) >= 11 is 0. The molecular formula is C13H17N3O4S. The third-order valence-corrected chi connectivity index (χ3v) is 4.61. The third kappa shape index (κ3) is 3.59. The van der Waals surface area contributed by atoms with Crippen molar-refractivity contribution < 1.29 is 18.0 Å². The lowest BCUT2D eigenvalue weighted by Gasteiger charge is -2.22. The summed E-state index contributed by atoms with van der Waals surface area (Å²) in [6.45, 7) is 2.43. The van der Waals surface area contributed by atoms with Gasteiger partial charge in [0.2, 0.25) is 21.8 Å². The quantitative estimate of drug-likeness (QED) is 0.674. The van der Waals surface area contributed by atoms with Crippen molar-refractivity contribution in [2.45, 2.75) is 30.7 Å². The molecule has 1 saturated heterocycles. The van der Waals surface area contributed by atoms with E-state index in [2.05, 4.69) is 15.4 Å². The van der Waals surface area contributed by atoms with Crippen LogP contribution in [0, 0.1) is 0 Å². The van der Waals surface area contributed by atoms with E-state index in [1.807, 2.05) is 6.92 Å². The fourth-order valence-electron chi connectivity index (χ4n) is 2.09. The molecule has 1 fully saturated rings. The van der Waals surface area contributed by atoms with Crippen LogP contribution in [0.1, 0.15) is 19.8 Å². The Morgan fingerprint density at radius 2 is 2.00 bits per heavy atom. The summed E-state index contributed by atoms with van der Waals surface area (Å²) in [6, 6.07) is 5.53. The maximum absolute atomic E-state index is 12.4. The Balaban J connectivity index is 2.23. The normalized spacial score (nSPS) is 19.2. The average molecular weight is 311 g/mol. The number of para-hydroxylation sites is 1. The number of sulfonamides is 1. The summed E-state index contributed by atoms with van der Waals surface area (Å²) in [5.74, 6) is -1.00. The van der Waals surface area contributed by atoms with Crippen molar-refractivity contribution in [3.63, 3.8) is 0 Å². The Morgan fingerprint density at radius 3 is 2.67 bits per heavy atom. The molecule has 1 aliphatic heterocycles. The molecule has 2 rings (SSSR count). The minimum Gasteiger partial charge on any atom is -0.384 e. The first kappa shape index (κ1) is 15.5. The van der Waals surface area contributed by atoms with Gasteiger partial charge >= 0.3 is 0 Å². The second-order valence-electron chi connectivity index (χ2n) is 4.65.